The van der Waals surface area contributed by atoms with Crippen LogP contribution in [0.5, 0.6) is 0 Å². The van der Waals surface area contributed by atoms with Crippen molar-refractivity contribution in [2.24, 2.45) is 5.41 Å². The zero-order valence-corrected chi connectivity index (χ0v) is 11.1. The molecule has 1 heterocycles. The predicted octanol–water partition coefficient (Wildman–Crippen LogP) is 0.592. The molecule has 0 aromatic carbocycles. The molecule has 1 N–H and O–H groups in total. The molecule has 1 saturated heterocycles. The Balaban J connectivity index is 2.83. The van der Waals surface area contributed by atoms with Crippen molar-refractivity contribution < 1.29 is 24.1 Å². The maximum absolute atomic E-state index is 11.8. The van der Waals surface area contributed by atoms with Crippen LogP contribution >= 0.6 is 0 Å². The number of aliphatic hydroxyl groups excluding tert-OH is 1. The van der Waals surface area contributed by atoms with Crippen molar-refractivity contribution >= 4 is 5.97 Å². The van der Waals surface area contributed by atoms with Gasteiger partial charge in [0.2, 0.25) is 0 Å². The number of nitriles is 1. The SMILES string of the molecule is CCOC(=O)[C@@](C)(C#N)[C@H](O)[C@H]1COC(C)(C)O1. The van der Waals surface area contributed by atoms with Crippen molar-refractivity contribution in [2.45, 2.75) is 45.7 Å². The van der Waals surface area contributed by atoms with Crippen LogP contribution in [0.1, 0.15) is 27.7 Å². The van der Waals surface area contributed by atoms with Gasteiger partial charge < -0.3 is 19.3 Å². The number of carbonyl (C=O) groups excluding carboxylic acids is 1. The van der Waals surface area contributed by atoms with Crippen molar-refractivity contribution in [3.05, 3.63) is 0 Å². The van der Waals surface area contributed by atoms with Crippen LogP contribution in [0.4, 0.5) is 0 Å². The van der Waals surface area contributed by atoms with Gasteiger partial charge in [0.1, 0.15) is 12.2 Å². The van der Waals surface area contributed by atoms with E-state index in [0.717, 1.165) is 0 Å². The number of ether oxygens (including phenoxy) is 3. The van der Waals surface area contributed by atoms with E-state index in [4.69, 9.17) is 19.5 Å². The lowest BCUT2D eigenvalue weighted by molar-refractivity contribution is -0.174. The third-order valence-electron chi connectivity index (χ3n) is 2.91. The lowest BCUT2D eigenvalue weighted by Crippen LogP contribution is -2.48. The fraction of sp³-hybridized carbons (Fsp3) is 0.833. The van der Waals surface area contributed by atoms with Crippen LogP contribution in [-0.2, 0) is 19.0 Å². The Bertz CT molecular complexity index is 362. The van der Waals surface area contributed by atoms with Gasteiger partial charge in [0.25, 0.3) is 0 Å². The van der Waals surface area contributed by atoms with Gasteiger partial charge >= 0.3 is 5.97 Å². The maximum atomic E-state index is 11.8. The molecule has 0 aliphatic carbocycles. The summed E-state index contributed by atoms with van der Waals surface area (Å²) in [6, 6.07) is 1.81. The van der Waals surface area contributed by atoms with Gasteiger partial charge in [-0.1, -0.05) is 0 Å². The van der Waals surface area contributed by atoms with E-state index in [1.165, 1.54) is 6.92 Å². The molecule has 0 bridgehead atoms. The second-order valence-corrected chi connectivity index (χ2v) is 4.85. The predicted molar refractivity (Wildman–Crippen MR) is 61.3 cm³/mol. The van der Waals surface area contributed by atoms with E-state index in [0.29, 0.717) is 0 Å². The van der Waals surface area contributed by atoms with E-state index < -0.39 is 29.4 Å². The molecule has 1 aliphatic heterocycles. The van der Waals surface area contributed by atoms with Crippen LogP contribution in [0.3, 0.4) is 0 Å². The number of esters is 1. The molecular formula is C12H19NO5. The Morgan fingerprint density at radius 3 is 2.72 bits per heavy atom. The maximum Gasteiger partial charge on any atom is 0.329 e. The lowest BCUT2D eigenvalue weighted by atomic mass is 9.83. The van der Waals surface area contributed by atoms with Crippen LogP contribution in [0, 0.1) is 16.7 Å². The molecule has 18 heavy (non-hydrogen) atoms. The van der Waals surface area contributed by atoms with E-state index in [2.05, 4.69) is 0 Å². The van der Waals surface area contributed by atoms with Gasteiger partial charge in [-0.2, -0.15) is 5.26 Å². The van der Waals surface area contributed by atoms with Crippen LogP contribution in [0.15, 0.2) is 0 Å². The Morgan fingerprint density at radius 1 is 1.72 bits per heavy atom. The van der Waals surface area contributed by atoms with Crippen molar-refractivity contribution in [3.63, 3.8) is 0 Å². The first-order valence-electron chi connectivity index (χ1n) is 5.85. The summed E-state index contributed by atoms with van der Waals surface area (Å²) in [5, 5.41) is 19.3. The molecule has 3 atom stereocenters. The van der Waals surface area contributed by atoms with Gasteiger partial charge in [-0.25, -0.2) is 0 Å². The number of rotatable bonds is 4. The minimum absolute atomic E-state index is 0.130. The van der Waals surface area contributed by atoms with Gasteiger partial charge in [-0.05, 0) is 27.7 Å². The molecule has 0 unspecified atom stereocenters. The Kier molecular flexibility index (Phi) is 4.32. The monoisotopic (exact) mass is 257 g/mol. The zero-order chi connectivity index (χ0) is 14.0. The summed E-state index contributed by atoms with van der Waals surface area (Å²) in [6.45, 7) is 6.66. The highest BCUT2D eigenvalue weighted by Crippen LogP contribution is 2.32. The lowest BCUT2D eigenvalue weighted by Gasteiger charge is -2.29. The highest BCUT2D eigenvalue weighted by molar-refractivity contribution is 5.80. The fourth-order valence-electron chi connectivity index (χ4n) is 1.76. The minimum atomic E-state index is -1.66. The first-order chi connectivity index (χ1) is 8.27. The average Bonchev–Trinajstić information content (AvgIpc) is 2.67. The Labute approximate surface area is 106 Å². The van der Waals surface area contributed by atoms with Crippen molar-refractivity contribution in [2.75, 3.05) is 13.2 Å². The molecular weight excluding hydrogens is 238 g/mol. The van der Waals surface area contributed by atoms with Crippen molar-refractivity contribution in [3.8, 4) is 6.07 Å². The van der Waals surface area contributed by atoms with Gasteiger partial charge in [0, 0.05) is 0 Å². The van der Waals surface area contributed by atoms with E-state index >= 15 is 0 Å². The average molecular weight is 257 g/mol. The zero-order valence-electron chi connectivity index (χ0n) is 11.1. The molecule has 1 fully saturated rings. The summed E-state index contributed by atoms with van der Waals surface area (Å²) in [7, 11) is 0. The molecule has 1 rings (SSSR count). The standard InChI is InChI=1S/C12H19NO5/c1-5-16-10(15)12(4,7-13)9(14)8-6-17-11(2,3)18-8/h8-9,14H,5-6H2,1-4H3/t8-,9-,12+/m1/s1. The summed E-state index contributed by atoms with van der Waals surface area (Å²) in [5.74, 6) is -1.58. The number of aliphatic hydroxyl groups is 1. The summed E-state index contributed by atoms with van der Waals surface area (Å²) in [4.78, 5) is 11.8. The third-order valence-corrected chi connectivity index (χ3v) is 2.91. The Morgan fingerprint density at radius 2 is 2.33 bits per heavy atom. The molecule has 6 nitrogen and oxygen atoms in total. The van der Waals surface area contributed by atoms with Crippen molar-refractivity contribution in [1.82, 2.24) is 0 Å². The highest BCUT2D eigenvalue weighted by atomic mass is 16.7. The molecule has 0 saturated carbocycles. The summed E-state index contributed by atoms with van der Waals surface area (Å²) in [5.41, 5.74) is -1.66. The normalized spacial score (nSPS) is 27.0. The largest absolute Gasteiger partial charge is 0.465 e. The molecule has 0 amide bonds. The first-order valence-corrected chi connectivity index (χ1v) is 5.85. The molecule has 6 heteroatoms. The second kappa shape index (κ2) is 5.22. The van der Waals surface area contributed by atoms with Gasteiger partial charge in [0.15, 0.2) is 11.2 Å². The van der Waals surface area contributed by atoms with Crippen molar-refractivity contribution in [1.29, 1.82) is 5.26 Å². The number of hydrogen-bond donors (Lipinski definition) is 1. The molecule has 0 aromatic heterocycles. The smallest absolute Gasteiger partial charge is 0.329 e. The number of hydrogen-bond acceptors (Lipinski definition) is 6. The van der Waals surface area contributed by atoms with Gasteiger partial charge in [0.05, 0.1) is 19.3 Å². The summed E-state index contributed by atoms with van der Waals surface area (Å²) in [6.07, 6.45) is -2.03. The molecule has 0 radical (unpaired) electrons. The quantitative estimate of drug-likeness (QED) is 0.741. The second-order valence-electron chi connectivity index (χ2n) is 4.85. The highest BCUT2D eigenvalue weighted by Gasteiger charge is 2.50. The minimum Gasteiger partial charge on any atom is -0.465 e. The first kappa shape index (κ1) is 14.9. The van der Waals surface area contributed by atoms with Gasteiger partial charge in [-0.3, -0.25) is 4.79 Å². The van der Waals surface area contributed by atoms with Crippen LogP contribution in [-0.4, -0.2) is 42.3 Å². The van der Waals surface area contributed by atoms with E-state index in [1.54, 1.807) is 26.8 Å². The summed E-state index contributed by atoms with van der Waals surface area (Å²) >= 11 is 0. The molecule has 0 aromatic rings. The number of carbonyl (C=O) groups is 1. The van der Waals surface area contributed by atoms with E-state index in [-0.39, 0.29) is 13.2 Å². The Hall–Kier alpha value is -1.16. The van der Waals surface area contributed by atoms with Gasteiger partial charge in [-0.15, -0.1) is 0 Å². The molecule has 102 valence electrons. The van der Waals surface area contributed by atoms with Crippen LogP contribution in [0.25, 0.3) is 0 Å². The topological polar surface area (TPSA) is 88.8 Å². The van der Waals surface area contributed by atoms with E-state index in [1.807, 2.05) is 0 Å². The van der Waals surface area contributed by atoms with Crippen LogP contribution in [0.2, 0.25) is 0 Å². The number of nitrogens with zero attached hydrogens (tertiary/aromatic N) is 1. The molecule has 1 aliphatic rings. The fourth-order valence-corrected chi connectivity index (χ4v) is 1.76. The molecule has 0 spiro atoms. The third kappa shape index (κ3) is 2.80. The van der Waals surface area contributed by atoms with Crippen LogP contribution < -0.4 is 0 Å². The summed E-state index contributed by atoms with van der Waals surface area (Å²) < 4.78 is 15.6. The van der Waals surface area contributed by atoms with E-state index in [9.17, 15) is 9.90 Å².